The van der Waals surface area contributed by atoms with E-state index in [1.54, 1.807) is 0 Å². The van der Waals surface area contributed by atoms with Crippen molar-refractivity contribution in [1.29, 1.82) is 0 Å². The molecule has 0 fully saturated rings. The van der Waals surface area contributed by atoms with Crippen LogP contribution in [0.2, 0.25) is 0 Å². The summed E-state index contributed by atoms with van der Waals surface area (Å²) in [6.07, 6.45) is -1.08. The molecule has 17 heavy (non-hydrogen) atoms. The van der Waals surface area contributed by atoms with Crippen LogP contribution in [-0.4, -0.2) is 45.9 Å². The lowest BCUT2D eigenvalue weighted by atomic mass is 9.89. The SMILES string of the molecule is CC(=O)NCC(=O)[C@](N)(CCC(=O)O)C(=O)O. The maximum atomic E-state index is 11.5. The average molecular weight is 246 g/mol. The van der Waals surface area contributed by atoms with Crippen molar-refractivity contribution in [2.24, 2.45) is 5.73 Å². The number of hydrogen-bond donors (Lipinski definition) is 4. The fraction of sp³-hybridized carbons (Fsp3) is 0.556. The van der Waals surface area contributed by atoms with Gasteiger partial charge in [0.1, 0.15) is 0 Å². The third kappa shape index (κ3) is 4.60. The number of carboxylic acid groups (broad SMARTS) is 2. The Labute approximate surface area is 96.8 Å². The van der Waals surface area contributed by atoms with Gasteiger partial charge in [-0.25, -0.2) is 4.79 Å². The number of aliphatic carboxylic acids is 2. The Morgan fingerprint density at radius 2 is 1.76 bits per heavy atom. The van der Waals surface area contributed by atoms with E-state index in [2.05, 4.69) is 5.32 Å². The van der Waals surface area contributed by atoms with Gasteiger partial charge in [-0.05, 0) is 6.42 Å². The summed E-state index contributed by atoms with van der Waals surface area (Å²) in [5, 5.41) is 19.4. The van der Waals surface area contributed by atoms with Crippen molar-refractivity contribution < 1.29 is 29.4 Å². The fourth-order valence-electron chi connectivity index (χ4n) is 1.03. The molecular formula is C9H14N2O6. The van der Waals surface area contributed by atoms with Crippen LogP contribution in [0, 0.1) is 0 Å². The standard InChI is InChI=1S/C9H14N2O6/c1-5(12)11-4-6(13)9(10,8(16)17)3-2-7(14)15/h2-4,10H2,1H3,(H,11,12)(H,14,15)(H,16,17)/t9-/m1/s1. The summed E-state index contributed by atoms with van der Waals surface area (Å²) in [5.41, 5.74) is 3.06. The van der Waals surface area contributed by atoms with Crippen molar-refractivity contribution in [1.82, 2.24) is 5.32 Å². The summed E-state index contributed by atoms with van der Waals surface area (Å²) in [7, 11) is 0. The number of Topliss-reactive ketones (excluding diaryl/α,β-unsaturated/α-hetero) is 1. The van der Waals surface area contributed by atoms with Crippen LogP contribution in [0.25, 0.3) is 0 Å². The van der Waals surface area contributed by atoms with E-state index in [0.717, 1.165) is 6.92 Å². The Balaban J connectivity index is 4.69. The van der Waals surface area contributed by atoms with Crippen molar-refractivity contribution in [2.45, 2.75) is 25.3 Å². The van der Waals surface area contributed by atoms with E-state index >= 15 is 0 Å². The van der Waals surface area contributed by atoms with Crippen LogP contribution < -0.4 is 11.1 Å². The van der Waals surface area contributed by atoms with Crippen LogP contribution in [0.3, 0.4) is 0 Å². The highest BCUT2D eigenvalue weighted by molar-refractivity contribution is 6.09. The lowest BCUT2D eigenvalue weighted by molar-refractivity contribution is -0.149. The zero-order valence-electron chi connectivity index (χ0n) is 9.23. The highest BCUT2D eigenvalue weighted by Gasteiger charge is 2.41. The molecule has 96 valence electrons. The van der Waals surface area contributed by atoms with Gasteiger partial charge in [0.15, 0.2) is 11.3 Å². The first-order valence-corrected chi connectivity index (χ1v) is 4.72. The van der Waals surface area contributed by atoms with Gasteiger partial charge >= 0.3 is 11.9 Å². The zero-order valence-corrected chi connectivity index (χ0v) is 9.23. The molecule has 0 aliphatic rings. The topological polar surface area (TPSA) is 147 Å². The minimum Gasteiger partial charge on any atom is -0.481 e. The number of carbonyl (C=O) groups excluding carboxylic acids is 2. The predicted octanol–water partition coefficient (Wildman–Crippen LogP) is -1.66. The van der Waals surface area contributed by atoms with Crippen LogP contribution in [0.15, 0.2) is 0 Å². The maximum Gasteiger partial charge on any atom is 0.331 e. The van der Waals surface area contributed by atoms with E-state index in [0.29, 0.717) is 0 Å². The second kappa shape index (κ2) is 5.94. The fourth-order valence-corrected chi connectivity index (χ4v) is 1.03. The first kappa shape index (κ1) is 15.0. The van der Waals surface area contributed by atoms with Gasteiger partial charge in [0, 0.05) is 13.3 Å². The van der Waals surface area contributed by atoms with E-state index in [9.17, 15) is 19.2 Å². The molecule has 0 spiro atoms. The number of amides is 1. The smallest absolute Gasteiger partial charge is 0.331 e. The molecule has 1 amide bonds. The lowest BCUT2D eigenvalue weighted by Gasteiger charge is -2.22. The molecule has 0 aromatic rings. The molecule has 0 radical (unpaired) electrons. The van der Waals surface area contributed by atoms with E-state index in [4.69, 9.17) is 15.9 Å². The molecule has 0 saturated heterocycles. The Morgan fingerprint density at radius 3 is 2.12 bits per heavy atom. The van der Waals surface area contributed by atoms with Crippen molar-refractivity contribution in [3.8, 4) is 0 Å². The van der Waals surface area contributed by atoms with E-state index in [1.165, 1.54) is 0 Å². The molecule has 0 aromatic heterocycles. The third-order valence-electron chi connectivity index (χ3n) is 2.11. The van der Waals surface area contributed by atoms with Gasteiger partial charge < -0.3 is 21.3 Å². The van der Waals surface area contributed by atoms with E-state index in [1.807, 2.05) is 0 Å². The van der Waals surface area contributed by atoms with Crippen molar-refractivity contribution >= 4 is 23.6 Å². The van der Waals surface area contributed by atoms with E-state index in [-0.39, 0.29) is 0 Å². The summed E-state index contributed by atoms with van der Waals surface area (Å²) < 4.78 is 0. The summed E-state index contributed by atoms with van der Waals surface area (Å²) in [4.78, 5) is 43.3. The molecule has 0 heterocycles. The largest absolute Gasteiger partial charge is 0.481 e. The molecule has 8 nitrogen and oxygen atoms in total. The normalized spacial score (nSPS) is 13.5. The van der Waals surface area contributed by atoms with Gasteiger partial charge in [0.2, 0.25) is 5.91 Å². The van der Waals surface area contributed by atoms with Gasteiger partial charge in [-0.1, -0.05) is 0 Å². The molecule has 0 unspecified atom stereocenters. The van der Waals surface area contributed by atoms with Gasteiger partial charge in [0.05, 0.1) is 6.54 Å². The summed E-state index contributed by atoms with van der Waals surface area (Å²) in [5.74, 6) is -4.33. The van der Waals surface area contributed by atoms with Crippen LogP contribution in [0.1, 0.15) is 19.8 Å². The second-order valence-electron chi connectivity index (χ2n) is 3.50. The van der Waals surface area contributed by atoms with E-state index < -0.39 is 48.6 Å². The molecule has 0 aliphatic heterocycles. The molecule has 0 aromatic carbocycles. The molecular weight excluding hydrogens is 232 g/mol. The highest BCUT2D eigenvalue weighted by Crippen LogP contribution is 2.11. The van der Waals surface area contributed by atoms with Crippen molar-refractivity contribution in [2.75, 3.05) is 6.54 Å². The number of carboxylic acids is 2. The molecule has 5 N–H and O–H groups in total. The Kier molecular flexibility index (Phi) is 5.26. The van der Waals surface area contributed by atoms with Crippen molar-refractivity contribution in [3.05, 3.63) is 0 Å². The number of rotatable bonds is 7. The number of hydrogen-bond acceptors (Lipinski definition) is 5. The molecule has 0 aliphatic carbocycles. The van der Waals surface area contributed by atoms with Crippen LogP contribution in [0.4, 0.5) is 0 Å². The second-order valence-corrected chi connectivity index (χ2v) is 3.50. The molecule has 0 bridgehead atoms. The molecule has 8 heteroatoms. The maximum absolute atomic E-state index is 11.5. The van der Waals surface area contributed by atoms with Crippen LogP contribution >= 0.6 is 0 Å². The quantitative estimate of drug-likeness (QED) is 0.393. The monoisotopic (exact) mass is 246 g/mol. The summed E-state index contributed by atoms with van der Waals surface area (Å²) in [6.45, 7) is 0.612. The lowest BCUT2D eigenvalue weighted by Crippen LogP contribution is -2.58. The van der Waals surface area contributed by atoms with Crippen molar-refractivity contribution in [3.63, 3.8) is 0 Å². The first-order valence-electron chi connectivity index (χ1n) is 4.72. The average Bonchev–Trinajstić information content (AvgIpc) is 2.21. The molecule has 1 atom stereocenters. The first-order chi connectivity index (χ1) is 7.70. The van der Waals surface area contributed by atoms with Gasteiger partial charge in [-0.2, -0.15) is 0 Å². The van der Waals surface area contributed by atoms with Gasteiger partial charge in [0.25, 0.3) is 0 Å². The Bertz CT molecular complexity index is 353. The third-order valence-corrected chi connectivity index (χ3v) is 2.11. The Hall–Kier alpha value is -1.96. The molecule has 0 saturated carbocycles. The number of ketones is 1. The van der Waals surface area contributed by atoms with Crippen LogP contribution in [0.5, 0.6) is 0 Å². The zero-order chi connectivity index (χ0) is 13.6. The Morgan fingerprint density at radius 1 is 1.24 bits per heavy atom. The summed E-state index contributed by atoms with van der Waals surface area (Å²) >= 11 is 0. The predicted molar refractivity (Wildman–Crippen MR) is 55.1 cm³/mol. The van der Waals surface area contributed by atoms with Gasteiger partial charge in [-0.15, -0.1) is 0 Å². The highest BCUT2D eigenvalue weighted by atomic mass is 16.4. The minimum absolute atomic E-state index is 0.510. The summed E-state index contributed by atoms with van der Waals surface area (Å²) in [6, 6.07) is 0. The molecule has 0 rings (SSSR count). The van der Waals surface area contributed by atoms with Gasteiger partial charge in [-0.3, -0.25) is 14.4 Å². The number of nitrogens with two attached hydrogens (primary N) is 1. The van der Waals surface area contributed by atoms with Crippen LogP contribution in [-0.2, 0) is 19.2 Å². The number of nitrogens with one attached hydrogen (secondary N) is 1. The minimum atomic E-state index is -2.29. The number of carbonyl (C=O) groups is 4.